The standard InChI is InChI=1S/C8H19N3O/c1-7(8(9)12)6-11(3)5-4-10-2/h7,10H,4-6H2,1-3H3,(H2,9,12). The lowest BCUT2D eigenvalue weighted by Gasteiger charge is -2.18. The van der Waals surface area contributed by atoms with Crippen LogP contribution in [0.4, 0.5) is 0 Å². The van der Waals surface area contributed by atoms with E-state index in [0.29, 0.717) is 0 Å². The number of nitrogens with zero attached hydrogens (tertiary/aromatic N) is 1. The van der Waals surface area contributed by atoms with Crippen LogP contribution >= 0.6 is 0 Å². The maximum absolute atomic E-state index is 10.7. The summed E-state index contributed by atoms with van der Waals surface area (Å²) in [5, 5.41) is 3.04. The highest BCUT2D eigenvalue weighted by Gasteiger charge is 2.10. The molecule has 0 spiro atoms. The summed E-state index contributed by atoms with van der Waals surface area (Å²) in [6, 6.07) is 0. The van der Waals surface area contributed by atoms with E-state index in [1.807, 2.05) is 21.0 Å². The Hall–Kier alpha value is -0.610. The molecule has 12 heavy (non-hydrogen) atoms. The first kappa shape index (κ1) is 11.4. The Labute approximate surface area is 74.1 Å². The van der Waals surface area contributed by atoms with E-state index in [-0.39, 0.29) is 11.8 Å². The highest BCUT2D eigenvalue weighted by Crippen LogP contribution is 1.95. The van der Waals surface area contributed by atoms with E-state index in [1.54, 1.807) is 0 Å². The maximum Gasteiger partial charge on any atom is 0.221 e. The second-order valence-electron chi connectivity index (χ2n) is 3.17. The molecule has 3 N–H and O–H groups in total. The smallest absolute Gasteiger partial charge is 0.221 e. The van der Waals surface area contributed by atoms with Crippen LogP contribution in [-0.4, -0.2) is 44.5 Å². The van der Waals surface area contributed by atoms with Crippen LogP contribution in [0, 0.1) is 5.92 Å². The third-order valence-electron chi connectivity index (χ3n) is 1.81. The Balaban J connectivity index is 3.53. The number of hydrogen-bond donors (Lipinski definition) is 2. The molecule has 0 rings (SSSR count). The lowest BCUT2D eigenvalue weighted by atomic mass is 10.1. The summed E-state index contributed by atoms with van der Waals surface area (Å²) in [7, 11) is 3.89. The minimum Gasteiger partial charge on any atom is -0.369 e. The van der Waals surface area contributed by atoms with E-state index in [1.165, 1.54) is 0 Å². The molecule has 1 amide bonds. The zero-order valence-corrected chi connectivity index (χ0v) is 8.13. The quantitative estimate of drug-likeness (QED) is 0.556. The summed E-state index contributed by atoms with van der Waals surface area (Å²) < 4.78 is 0. The second kappa shape index (κ2) is 5.97. The van der Waals surface area contributed by atoms with Gasteiger partial charge in [-0.1, -0.05) is 6.92 Å². The van der Waals surface area contributed by atoms with Crippen molar-refractivity contribution in [2.24, 2.45) is 11.7 Å². The fourth-order valence-electron chi connectivity index (χ4n) is 0.951. The molecule has 0 aliphatic carbocycles. The van der Waals surface area contributed by atoms with Crippen LogP contribution in [0.5, 0.6) is 0 Å². The Bertz CT molecular complexity index is 138. The van der Waals surface area contributed by atoms with Crippen LogP contribution in [0.3, 0.4) is 0 Å². The lowest BCUT2D eigenvalue weighted by molar-refractivity contribution is -0.121. The van der Waals surface area contributed by atoms with Crippen molar-refractivity contribution in [3.63, 3.8) is 0 Å². The van der Waals surface area contributed by atoms with Gasteiger partial charge >= 0.3 is 0 Å². The van der Waals surface area contributed by atoms with E-state index in [9.17, 15) is 4.79 Å². The normalized spacial score (nSPS) is 13.3. The lowest BCUT2D eigenvalue weighted by Crippen LogP contribution is -2.35. The number of primary amides is 1. The predicted molar refractivity (Wildman–Crippen MR) is 49.8 cm³/mol. The number of carbonyl (C=O) groups excluding carboxylic acids is 1. The van der Waals surface area contributed by atoms with Crippen LogP contribution < -0.4 is 11.1 Å². The summed E-state index contributed by atoms with van der Waals surface area (Å²) in [6.45, 7) is 4.45. The van der Waals surface area contributed by atoms with Gasteiger partial charge in [0.2, 0.25) is 5.91 Å². The number of carbonyl (C=O) groups is 1. The van der Waals surface area contributed by atoms with Crippen LogP contribution in [0.15, 0.2) is 0 Å². The zero-order valence-electron chi connectivity index (χ0n) is 8.13. The molecule has 0 aromatic heterocycles. The number of hydrogen-bond acceptors (Lipinski definition) is 3. The number of amides is 1. The first-order valence-electron chi connectivity index (χ1n) is 4.20. The molecule has 0 saturated carbocycles. The number of nitrogens with one attached hydrogen (secondary N) is 1. The molecule has 4 heteroatoms. The van der Waals surface area contributed by atoms with Crippen LogP contribution in [-0.2, 0) is 4.79 Å². The van der Waals surface area contributed by atoms with Gasteiger partial charge in [-0.3, -0.25) is 4.79 Å². The van der Waals surface area contributed by atoms with Gasteiger partial charge in [0, 0.05) is 25.6 Å². The molecule has 1 atom stereocenters. The summed E-state index contributed by atoms with van der Waals surface area (Å²) in [5.74, 6) is -0.293. The van der Waals surface area contributed by atoms with Crippen molar-refractivity contribution in [2.75, 3.05) is 33.7 Å². The van der Waals surface area contributed by atoms with E-state index < -0.39 is 0 Å². The average molecular weight is 173 g/mol. The van der Waals surface area contributed by atoms with Gasteiger partial charge in [0.1, 0.15) is 0 Å². The molecular formula is C8H19N3O. The average Bonchev–Trinajstić information content (AvgIpc) is 2.00. The van der Waals surface area contributed by atoms with Gasteiger partial charge in [0.15, 0.2) is 0 Å². The zero-order chi connectivity index (χ0) is 9.56. The molecule has 72 valence electrons. The van der Waals surface area contributed by atoms with Crippen molar-refractivity contribution >= 4 is 5.91 Å². The Morgan fingerprint density at radius 3 is 2.67 bits per heavy atom. The van der Waals surface area contributed by atoms with E-state index in [4.69, 9.17) is 5.73 Å². The topological polar surface area (TPSA) is 58.4 Å². The Morgan fingerprint density at radius 1 is 1.67 bits per heavy atom. The van der Waals surface area contributed by atoms with Crippen molar-refractivity contribution in [1.82, 2.24) is 10.2 Å². The second-order valence-corrected chi connectivity index (χ2v) is 3.17. The molecule has 1 unspecified atom stereocenters. The largest absolute Gasteiger partial charge is 0.369 e. The van der Waals surface area contributed by atoms with Gasteiger partial charge < -0.3 is 16.0 Å². The highest BCUT2D eigenvalue weighted by molar-refractivity contribution is 5.76. The molecule has 0 aromatic rings. The molecule has 0 fully saturated rings. The van der Waals surface area contributed by atoms with E-state index in [2.05, 4.69) is 10.2 Å². The molecule has 4 nitrogen and oxygen atoms in total. The molecular weight excluding hydrogens is 154 g/mol. The molecule has 0 saturated heterocycles. The molecule has 0 bridgehead atoms. The minimum absolute atomic E-state index is 0.0631. The Kier molecular flexibility index (Phi) is 5.66. The van der Waals surface area contributed by atoms with E-state index >= 15 is 0 Å². The van der Waals surface area contributed by atoms with Gasteiger partial charge in [-0.2, -0.15) is 0 Å². The fourth-order valence-corrected chi connectivity index (χ4v) is 0.951. The van der Waals surface area contributed by atoms with Crippen molar-refractivity contribution in [2.45, 2.75) is 6.92 Å². The summed E-state index contributed by atoms with van der Waals surface area (Å²) in [4.78, 5) is 12.8. The number of likely N-dealkylation sites (N-methyl/N-ethyl adjacent to an activating group) is 2. The van der Waals surface area contributed by atoms with Gasteiger partial charge in [-0.25, -0.2) is 0 Å². The summed E-state index contributed by atoms with van der Waals surface area (Å²) in [6.07, 6.45) is 0. The van der Waals surface area contributed by atoms with Crippen molar-refractivity contribution in [3.8, 4) is 0 Å². The first-order chi connectivity index (χ1) is 5.57. The SMILES string of the molecule is CNCCN(C)CC(C)C(N)=O. The van der Waals surface area contributed by atoms with Gasteiger partial charge in [-0.15, -0.1) is 0 Å². The highest BCUT2D eigenvalue weighted by atomic mass is 16.1. The summed E-state index contributed by atoms with van der Waals surface area (Å²) in [5.41, 5.74) is 5.13. The van der Waals surface area contributed by atoms with Gasteiger partial charge in [0.25, 0.3) is 0 Å². The molecule has 0 heterocycles. The molecule has 0 aliphatic rings. The number of rotatable bonds is 6. The van der Waals surface area contributed by atoms with Gasteiger partial charge in [-0.05, 0) is 14.1 Å². The van der Waals surface area contributed by atoms with Crippen LogP contribution in [0.25, 0.3) is 0 Å². The van der Waals surface area contributed by atoms with E-state index in [0.717, 1.165) is 19.6 Å². The third-order valence-corrected chi connectivity index (χ3v) is 1.81. The minimum atomic E-state index is -0.230. The number of nitrogens with two attached hydrogens (primary N) is 1. The molecule has 0 aliphatic heterocycles. The fraction of sp³-hybridized carbons (Fsp3) is 0.875. The monoisotopic (exact) mass is 173 g/mol. The molecule has 0 aromatic carbocycles. The van der Waals surface area contributed by atoms with Crippen LogP contribution in [0.1, 0.15) is 6.92 Å². The third kappa shape index (κ3) is 5.09. The van der Waals surface area contributed by atoms with Crippen molar-refractivity contribution in [3.05, 3.63) is 0 Å². The predicted octanol–water partition coefficient (Wildman–Crippen LogP) is -0.741. The van der Waals surface area contributed by atoms with Crippen LogP contribution in [0.2, 0.25) is 0 Å². The Morgan fingerprint density at radius 2 is 2.25 bits per heavy atom. The molecule has 0 radical (unpaired) electrons. The van der Waals surface area contributed by atoms with Crippen molar-refractivity contribution < 1.29 is 4.79 Å². The van der Waals surface area contributed by atoms with Crippen molar-refractivity contribution in [1.29, 1.82) is 0 Å². The summed E-state index contributed by atoms with van der Waals surface area (Å²) >= 11 is 0. The van der Waals surface area contributed by atoms with Gasteiger partial charge in [0.05, 0.1) is 0 Å². The maximum atomic E-state index is 10.7. The first-order valence-corrected chi connectivity index (χ1v) is 4.20.